The highest BCUT2D eigenvalue weighted by Crippen LogP contribution is 2.76. The molecule has 54 heavy (non-hydrogen) atoms. The molecule has 0 aromatic carbocycles. The van der Waals surface area contributed by atoms with Gasteiger partial charge in [0.25, 0.3) is 0 Å². The summed E-state index contributed by atoms with van der Waals surface area (Å²) in [7, 11) is 0. The Kier molecular flexibility index (Phi) is 10.6. The van der Waals surface area contributed by atoms with Gasteiger partial charge in [0.15, 0.2) is 12.6 Å². The zero-order chi connectivity index (χ0) is 39.4. The molecular weight excluding hydrogens is 700 g/mol. The minimum atomic E-state index is -1.71. The summed E-state index contributed by atoms with van der Waals surface area (Å²) < 4.78 is 24.2. The number of hydrogen-bond donors (Lipinski definition) is 8. The molecule has 7 aliphatic rings. The van der Waals surface area contributed by atoms with E-state index in [0.717, 1.165) is 38.5 Å². The Labute approximate surface area is 319 Å². The van der Waals surface area contributed by atoms with Gasteiger partial charge in [0, 0.05) is 5.41 Å². The number of hydrogen-bond acceptors (Lipinski definition) is 12. The molecule has 308 valence electrons. The second-order valence-electron chi connectivity index (χ2n) is 20.1. The number of ether oxygens (including phenoxy) is 4. The molecule has 4 saturated carbocycles. The van der Waals surface area contributed by atoms with Crippen molar-refractivity contribution in [2.45, 2.75) is 167 Å². The number of rotatable bonds is 7. The van der Waals surface area contributed by atoms with Gasteiger partial charge in [0.1, 0.15) is 42.7 Å². The zero-order valence-electron chi connectivity index (χ0n) is 32.9. The third kappa shape index (κ3) is 5.92. The first-order chi connectivity index (χ1) is 25.2. The number of aliphatic hydroxyl groups is 7. The number of carbonyl (C=O) groups is 1. The van der Waals surface area contributed by atoms with E-state index in [4.69, 9.17) is 18.9 Å². The molecule has 2 saturated heterocycles. The van der Waals surface area contributed by atoms with Crippen LogP contribution in [0.25, 0.3) is 0 Å². The van der Waals surface area contributed by atoms with Crippen LogP contribution in [0.15, 0.2) is 11.6 Å². The minimum Gasteiger partial charge on any atom is -0.481 e. The first kappa shape index (κ1) is 40.9. The van der Waals surface area contributed by atoms with Gasteiger partial charge in [0.2, 0.25) is 0 Å². The van der Waals surface area contributed by atoms with Crippen LogP contribution in [-0.2, 0) is 23.7 Å². The van der Waals surface area contributed by atoms with Gasteiger partial charge in [0.05, 0.1) is 31.3 Å². The molecule has 17 atom stereocenters. The molecule has 0 radical (unpaired) electrons. The largest absolute Gasteiger partial charge is 0.481 e. The lowest BCUT2D eigenvalue weighted by Gasteiger charge is -2.71. The standard InChI is InChI=1S/C41H66O13/c1-36(2)13-14-40(35(49)50)15-16-41(20-43)21(22(40)17-36)7-8-26-38(5)11-10-27(37(3,4)25(38)9-12-39(26,41)6)53-34-32(28(45)23(44)19-51-34)54-33-31(48)30(47)29(46)24(18-42)52-33/h7,22-34,42-48H,8-20H2,1-6H3,(H,49,50)/t22?,23-,24+,25?,26?,27-,28-,29+,30-,31+,32+,33-,34-,38?,39?,40-,41-/m0/s1. The summed E-state index contributed by atoms with van der Waals surface area (Å²) in [4.78, 5) is 13.1. The van der Waals surface area contributed by atoms with Gasteiger partial charge < -0.3 is 59.8 Å². The van der Waals surface area contributed by atoms with Crippen molar-refractivity contribution in [3.8, 4) is 0 Å². The average Bonchev–Trinajstić information content (AvgIpc) is 3.11. The van der Waals surface area contributed by atoms with E-state index in [2.05, 4.69) is 47.6 Å². The number of carboxylic acids is 1. The number of aliphatic hydroxyl groups excluding tert-OH is 7. The molecule has 2 aliphatic heterocycles. The lowest BCUT2D eigenvalue weighted by molar-refractivity contribution is -0.367. The normalized spacial score (nSPS) is 52.5. The summed E-state index contributed by atoms with van der Waals surface area (Å²) >= 11 is 0. The number of aliphatic carboxylic acids is 1. The van der Waals surface area contributed by atoms with E-state index in [-0.39, 0.29) is 58.7 Å². The van der Waals surface area contributed by atoms with Crippen molar-refractivity contribution in [1.82, 2.24) is 0 Å². The van der Waals surface area contributed by atoms with Gasteiger partial charge in [-0.15, -0.1) is 0 Å². The molecule has 7 rings (SSSR count). The highest BCUT2D eigenvalue weighted by molar-refractivity contribution is 5.76. The fraction of sp³-hybridized carbons (Fsp3) is 0.927. The number of fused-ring (bicyclic) bond motifs is 7. The summed E-state index contributed by atoms with van der Waals surface area (Å²) in [5, 5.41) is 84.9. The van der Waals surface area contributed by atoms with Crippen molar-refractivity contribution < 1.29 is 64.6 Å². The first-order valence-electron chi connectivity index (χ1n) is 20.4. The quantitative estimate of drug-likeness (QED) is 0.138. The van der Waals surface area contributed by atoms with Crippen molar-refractivity contribution >= 4 is 5.97 Å². The van der Waals surface area contributed by atoms with Crippen LogP contribution in [0.2, 0.25) is 0 Å². The van der Waals surface area contributed by atoms with Gasteiger partial charge in [-0.05, 0) is 104 Å². The van der Waals surface area contributed by atoms with Gasteiger partial charge in [-0.3, -0.25) is 4.79 Å². The molecule has 0 aromatic rings. The Morgan fingerprint density at radius 1 is 0.815 bits per heavy atom. The van der Waals surface area contributed by atoms with E-state index < -0.39 is 78.7 Å². The SMILES string of the molecule is CC1(C)CC[C@]2(C(=O)O)CC[C@]3(CO)C(=CCC4C5(C)CC[C@H](O[C@@H]6OC[C@H](O)[C@H](O)[C@H]6O[C@@H]6O[C@H](CO)[C@@H](O)[C@H](O)[C@H]6O)C(C)(C)C5CCC43C)C2C1. The minimum absolute atomic E-state index is 0.0113. The summed E-state index contributed by atoms with van der Waals surface area (Å²) in [6.45, 7) is 12.9. The van der Waals surface area contributed by atoms with Crippen LogP contribution in [0.1, 0.15) is 106 Å². The maximum Gasteiger partial charge on any atom is 0.310 e. The average molecular weight is 767 g/mol. The van der Waals surface area contributed by atoms with Crippen molar-refractivity contribution in [2.75, 3.05) is 19.8 Å². The second-order valence-corrected chi connectivity index (χ2v) is 20.1. The molecule has 5 unspecified atom stereocenters. The van der Waals surface area contributed by atoms with E-state index in [1.165, 1.54) is 5.57 Å². The molecule has 0 bridgehead atoms. The fourth-order valence-corrected chi connectivity index (χ4v) is 13.5. The van der Waals surface area contributed by atoms with Crippen molar-refractivity contribution in [1.29, 1.82) is 0 Å². The van der Waals surface area contributed by atoms with Crippen LogP contribution >= 0.6 is 0 Å². The number of carboxylic acid groups (broad SMARTS) is 1. The second kappa shape index (κ2) is 14.0. The van der Waals surface area contributed by atoms with E-state index in [1.807, 2.05) is 0 Å². The molecule has 6 fully saturated rings. The Hall–Kier alpha value is -1.23. The van der Waals surface area contributed by atoms with Gasteiger partial charge >= 0.3 is 5.97 Å². The van der Waals surface area contributed by atoms with Gasteiger partial charge in [-0.25, -0.2) is 0 Å². The monoisotopic (exact) mass is 766 g/mol. The third-order valence-electron chi connectivity index (χ3n) is 16.8. The molecule has 0 aromatic heterocycles. The van der Waals surface area contributed by atoms with Crippen LogP contribution in [0.4, 0.5) is 0 Å². The Morgan fingerprint density at radius 2 is 1.52 bits per heavy atom. The van der Waals surface area contributed by atoms with E-state index in [1.54, 1.807) is 0 Å². The highest BCUT2D eigenvalue weighted by atomic mass is 16.8. The molecule has 0 spiro atoms. The van der Waals surface area contributed by atoms with Crippen LogP contribution in [-0.4, -0.2) is 128 Å². The third-order valence-corrected chi connectivity index (χ3v) is 16.8. The van der Waals surface area contributed by atoms with E-state index in [0.29, 0.717) is 25.7 Å². The fourth-order valence-electron chi connectivity index (χ4n) is 13.5. The summed E-state index contributed by atoms with van der Waals surface area (Å²) in [6.07, 6.45) is -3.27. The smallest absolute Gasteiger partial charge is 0.310 e. The van der Waals surface area contributed by atoms with Crippen LogP contribution < -0.4 is 0 Å². The van der Waals surface area contributed by atoms with E-state index in [9.17, 15) is 45.6 Å². The van der Waals surface area contributed by atoms with Crippen LogP contribution in [0, 0.1) is 50.2 Å². The Morgan fingerprint density at radius 3 is 2.19 bits per heavy atom. The van der Waals surface area contributed by atoms with E-state index >= 15 is 0 Å². The van der Waals surface area contributed by atoms with Gasteiger partial charge in [-0.2, -0.15) is 0 Å². The molecular formula is C41H66O13. The molecule has 2 heterocycles. The van der Waals surface area contributed by atoms with Crippen LogP contribution in [0.3, 0.4) is 0 Å². The maximum atomic E-state index is 13.1. The highest BCUT2D eigenvalue weighted by Gasteiger charge is 2.71. The molecule has 0 amide bonds. The topological polar surface area (TPSA) is 216 Å². The Balaban J connectivity index is 1.14. The lowest BCUT2D eigenvalue weighted by atomic mass is 9.33. The summed E-state index contributed by atoms with van der Waals surface area (Å²) in [5.41, 5.74) is -0.780. The predicted molar refractivity (Wildman–Crippen MR) is 193 cm³/mol. The van der Waals surface area contributed by atoms with Crippen molar-refractivity contribution in [2.24, 2.45) is 50.2 Å². The van der Waals surface area contributed by atoms with Crippen molar-refractivity contribution in [3.05, 3.63) is 11.6 Å². The number of allylic oxidation sites excluding steroid dienone is 1. The molecule has 13 heteroatoms. The van der Waals surface area contributed by atoms with Crippen molar-refractivity contribution in [3.63, 3.8) is 0 Å². The maximum absolute atomic E-state index is 13.1. The summed E-state index contributed by atoms with van der Waals surface area (Å²) in [6, 6.07) is 0. The predicted octanol–water partition coefficient (Wildman–Crippen LogP) is 2.49. The molecule has 8 N–H and O–H groups in total. The first-order valence-corrected chi connectivity index (χ1v) is 20.4. The lowest BCUT2D eigenvalue weighted by Crippen LogP contribution is -2.67. The van der Waals surface area contributed by atoms with Gasteiger partial charge in [-0.1, -0.05) is 53.2 Å². The van der Waals surface area contributed by atoms with Crippen LogP contribution in [0.5, 0.6) is 0 Å². The molecule has 5 aliphatic carbocycles. The zero-order valence-corrected chi connectivity index (χ0v) is 32.9. The summed E-state index contributed by atoms with van der Waals surface area (Å²) in [5.74, 6) is -0.319. The molecule has 13 nitrogen and oxygen atoms in total. The Bertz CT molecular complexity index is 1450.